The molecular weight excluding hydrogens is 480 g/mol. The topological polar surface area (TPSA) is 109 Å². The summed E-state index contributed by atoms with van der Waals surface area (Å²) in [7, 11) is 1.66. The molecule has 9 heteroatoms. The predicted octanol–water partition coefficient (Wildman–Crippen LogP) is 4.27. The summed E-state index contributed by atoms with van der Waals surface area (Å²) in [4.78, 5) is 38.0. The van der Waals surface area contributed by atoms with Gasteiger partial charge in [-0.3, -0.25) is 4.79 Å². The number of carbonyl (C=O) groups excluding carboxylic acids is 2. The second-order valence-electron chi connectivity index (χ2n) is 8.64. The zero-order valence-corrected chi connectivity index (χ0v) is 20.9. The lowest BCUT2D eigenvalue weighted by Gasteiger charge is -2.18. The lowest BCUT2D eigenvalue weighted by molar-refractivity contribution is -0.138. The summed E-state index contributed by atoms with van der Waals surface area (Å²) < 4.78 is 10.9. The molecular formula is C27H28N2O6S. The highest BCUT2D eigenvalue weighted by atomic mass is 32.2. The number of aliphatic carboxylic acids is 1. The maximum atomic E-state index is 12.5. The maximum absolute atomic E-state index is 12.5. The van der Waals surface area contributed by atoms with Crippen molar-refractivity contribution in [2.24, 2.45) is 0 Å². The first-order valence-corrected chi connectivity index (χ1v) is 12.7. The second-order valence-corrected chi connectivity index (χ2v) is 9.67. The molecule has 3 aromatic rings. The molecule has 1 unspecified atom stereocenters. The number of amides is 2. The van der Waals surface area contributed by atoms with Gasteiger partial charge in [-0.05, 0) is 41.3 Å². The van der Waals surface area contributed by atoms with Crippen molar-refractivity contribution in [3.8, 4) is 11.1 Å². The number of nitrogens with zero attached hydrogens (tertiary/aromatic N) is 1. The van der Waals surface area contributed by atoms with Crippen molar-refractivity contribution in [2.45, 2.75) is 25.4 Å². The van der Waals surface area contributed by atoms with Gasteiger partial charge in [-0.25, -0.2) is 9.59 Å². The number of ether oxygens (including phenoxy) is 1. The lowest BCUT2D eigenvalue weighted by Crippen LogP contribution is -2.43. The van der Waals surface area contributed by atoms with Crippen LogP contribution in [0.1, 0.15) is 28.6 Å². The third-order valence-corrected chi connectivity index (χ3v) is 7.08. The summed E-state index contributed by atoms with van der Waals surface area (Å²) in [5, 5.41) is 12.0. The number of hydrogen-bond donors (Lipinski definition) is 2. The van der Waals surface area contributed by atoms with Crippen molar-refractivity contribution >= 4 is 29.7 Å². The lowest BCUT2D eigenvalue weighted by atomic mass is 9.98. The molecule has 36 heavy (non-hydrogen) atoms. The van der Waals surface area contributed by atoms with Crippen LogP contribution in [0.4, 0.5) is 4.79 Å². The summed E-state index contributed by atoms with van der Waals surface area (Å²) in [5.74, 6) is 0.0670. The van der Waals surface area contributed by atoms with Gasteiger partial charge >= 0.3 is 12.1 Å². The maximum Gasteiger partial charge on any atom is 0.407 e. The normalized spacial score (nSPS) is 12.9. The number of carbonyl (C=O) groups is 3. The number of aryl methyl sites for hydroxylation is 1. The smallest absolute Gasteiger partial charge is 0.407 e. The monoisotopic (exact) mass is 508 g/mol. The van der Waals surface area contributed by atoms with E-state index in [2.05, 4.69) is 5.32 Å². The highest BCUT2D eigenvalue weighted by molar-refractivity contribution is 8.00. The van der Waals surface area contributed by atoms with Crippen molar-refractivity contribution in [3.63, 3.8) is 0 Å². The standard InChI is InChI=1S/C27H28N2O6S/c1-17-11-12-18(35-17)13-29(2)25(30)16-36-15-24(26(31)32)28-27(33)34-14-23-21-9-5-3-7-19(21)20-8-4-6-10-22(20)23/h3-12,23-24H,13-16H2,1-2H3,(H,28,33)(H,31,32). The Morgan fingerprint density at radius 1 is 1.06 bits per heavy atom. The van der Waals surface area contributed by atoms with E-state index in [1.54, 1.807) is 7.05 Å². The molecule has 2 aromatic carbocycles. The highest BCUT2D eigenvalue weighted by Gasteiger charge is 2.29. The van der Waals surface area contributed by atoms with Gasteiger partial charge < -0.3 is 24.5 Å². The van der Waals surface area contributed by atoms with Gasteiger partial charge in [-0.1, -0.05) is 48.5 Å². The van der Waals surface area contributed by atoms with E-state index in [1.807, 2.05) is 67.6 Å². The molecule has 1 heterocycles. The third kappa shape index (κ3) is 5.91. The molecule has 0 bridgehead atoms. The van der Waals surface area contributed by atoms with Gasteiger partial charge in [0.15, 0.2) is 0 Å². The molecule has 2 amide bonds. The molecule has 0 radical (unpaired) electrons. The van der Waals surface area contributed by atoms with Gasteiger partial charge in [0.2, 0.25) is 5.91 Å². The summed E-state index contributed by atoms with van der Waals surface area (Å²) >= 11 is 1.14. The van der Waals surface area contributed by atoms with Crippen LogP contribution in [-0.4, -0.2) is 59.2 Å². The number of nitrogens with one attached hydrogen (secondary N) is 1. The van der Waals surface area contributed by atoms with E-state index in [-0.39, 0.29) is 29.9 Å². The molecule has 4 rings (SSSR count). The summed E-state index contributed by atoms with van der Waals surface area (Å²) in [5.41, 5.74) is 4.37. The molecule has 0 aliphatic heterocycles. The Morgan fingerprint density at radius 2 is 1.69 bits per heavy atom. The molecule has 188 valence electrons. The average Bonchev–Trinajstić information content (AvgIpc) is 3.42. The first-order valence-electron chi connectivity index (χ1n) is 11.5. The Labute approximate surface area is 213 Å². The van der Waals surface area contributed by atoms with Crippen molar-refractivity contribution in [1.82, 2.24) is 10.2 Å². The van der Waals surface area contributed by atoms with Gasteiger partial charge in [-0.2, -0.15) is 0 Å². The van der Waals surface area contributed by atoms with Gasteiger partial charge in [0.1, 0.15) is 24.2 Å². The molecule has 0 saturated carbocycles. The SMILES string of the molecule is Cc1ccc(CN(C)C(=O)CSCC(NC(=O)OCC2c3ccccc3-c3ccccc32)C(=O)O)o1. The van der Waals surface area contributed by atoms with E-state index in [9.17, 15) is 19.5 Å². The molecule has 1 aliphatic rings. The minimum absolute atomic E-state index is 0.0268. The van der Waals surface area contributed by atoms with E-state index >= 15 is 0 Å². The zero-order chi connectivity index (χ0) is 25.7. The Bertz CT molecular complexity index is 1210. The van der Waals surface area contributed by atoms with E-state index in [0.717, 1.165) is 39.8 Å². The number of furan rings is 1. The van der Waals surface area contributed by atoms with Crippen molar-refractivity contribution in [1.29, 1.82) is 0 Å². The van der Waals surface area contributed by atoms with E-state index in [1.165, 1.54) is 4.90 Å². The molecule has 8 nitrogen and oxygen atoms in total. The number of thioether (sulfide) groups is 1. The quantitative estimate of drug-likeness (QED) is 0.421. The van der Waals surface area contributed by atoms with Gasteiger partial charge in [0, 0.05) is 18.7 Å². The molecule has 0 saturated heterocycles. The van der Waals surface area contributed by atoms with Crippen LogP contribution in [-0.2, 0) is 20.9 Å². The van der Waals surface area contributed by atoms with Gasteiger partial charge in [0.25, 0.3) is 0 Å². The zero-order valence-electron chi connectivity index (χ0n) is 20.1. The highest BCUT2D eigenvalue weighted by Crippen LogP contribution is 2.44. The van der Waals surface area contributed by atoms with Gasteiger partial charge in [-0.15, -0.1) is 11.8 Å². The van der Waals surface area contributed by atoms with Crippen molar-refractivity contribution in [2.75, 3.05) is 25.2 Å². The fourth-order valence-electron chi connectivity index (χ4n) is 4.22. The molecule has 2 N–H and O–H groups in total. The van der Waals surface area contributed by atoms with Crippen LogP contribution in [0.5, 0.6) is 0 Å². The summed E-state index contributed by atoms with van der Waals surface area (Å²) in [6.07, 6.45) is -0.804. The number of carboxylic acid groups (broad SMARTS) is 1. The van der Waals surface area contributed by atoms with Crippen molar-refractivity contribution in [3.05, 3.63) is 83.3 Å². The number of hydrogen-bond acceptors (Lipinski definition) is 6. The fraction of sp³-hybridized carbons (Fsp3) is 0.296. The largest absolute Gasteiger partial charge is 0.480 e. The minimum Gasteiger partial charge on any atom is -0.480 e. The fourth-order valence-corrected chi connectivity index (χ4v) is 5.20. The average molecular weight is 509 g/mol. The molecule has 1 aliphatic carbocycles. The Balaban J connectivity index is 1.26. The summed E-state index contributed by atoms with van der Waals surface area (Å²) in [6, 6.07) is 18.4. The number of rotatable bonds is 10. The van der Waals surface area contributed by atoms with E-state index in [0.29, 0.717) is 12.3 Å². The van der Waals surface area contributed by atoms with Crippen LogP contribution in [0.25, 0.3) is 11.1 Å². The minimum atomic E-state index is -1.19. The number of benzene rings is 2. The number of alkyl carbamates (subject to hydrolysis) is 1. The van der Waals surface area contributed by atoms with Crippen LogP contribution < -0.4 is 5.32 Å². The third-order valence-electron chi connectivity index (χ3n) is 6.06. The van der Waals surface area contributed by atoms with Crippen LogP contribution in [0.15, 0.2) is 65.1 Å². The van der Waals surface area contributed by atoms with Crippen LogP contribution in [0.2, 0.25) is 0 Å². The predicted molar refractivity (Wildman–Crippen MR) is 137 cm³/mol. The first-order chi connectivity index (χ1) is 17.3. The second kappa shape index (κ2) is 11.3. The molecule has 1 atom stereocenters. The van der Waals surface area contributed by atoms with Gasteiger partial charge in [0.05, 0.1) is 12.3 Å². The van der Waals surface area contributed by atoms with Crippen LogP contribution in [0, 0.1) is 6.92 Å². The molecule has 0 fully saturated rings. The Morgan fingerprint density at radius 3 is 2.28 bits per heavy atom. The first kappa shape index (κ1) is 25.4. The number of fused-ring (bicyclic) bond motifs is 3. The summed E-state index contributed by atoms with van der Waals surface area (Å²) in [6.45, 7) is 2.25. The van der Waals surface area contributed by atoms with E-state index in [4.69, 9.17) is 9.15 Å². The van der Waals surface area contributed by atoms with Crippen LogP contribution in [0.3, 0.4) is 0 Å². The Hall–Kier alpha value is -3.72. The van der Waals surface area contributed by atoms with Crippen molar-refractivity contribution < 1.29 is 28.6 Å². The molecule has 1 aromatic heterocycles. The Kier molecular flexibility index (Phi) is 8.00. The van der Waals surface area contributed by atoms with Crippen LogP contribution >= 0.6 is 11.8 Å². The molecule has 0 spiro atoms. The number of carboxylic acids is 1. The van der Waals surface area contributed by atoms with E-state index < -0.39 is 18.1 Å².